The predicted octanol–water partition coefficient (Wildman–Crippen LogP) is 3.86. The lowest BCUT2D eigenvalue weighted by molar-refractivity contribution is -0.139. The van der Waals surface area contributed by atoms with Crippen LogP contribution in [-0.2, 0) is 16.1 Å². The number of carbonyl (C=O) groups is 2. The number of piperidine rings is 1. The van der Waals surface area contributed by atoms with Crippen LogP contribution in [0, 0.1) is 12.8 Å². The van der Waals surface area contributed by atoms with E-state index in [-0.39, 0.29) is 11.8 Å². The van der Waals surface area contributed by atoms with E-state index in [0.717, 1.165) is 44.5 Å². The van der Waals surface area contributed by atoms with Crippen molar-refractivity contribution in [3.8, 4) is 0 Å². The standard InChI is InChI=1S/C26H33N3O2/c1-21-9-11-24(12-10-21)29(19-22-7-3-2-4-8-22)20-25(30)27-17-13-23(14-18-27)26(31)28-15-5-6-16-28/h2-4,7-12,23H,5-6,13-20H2,1H3. The molecule has 31 heavy (non-hydrogen) atoms. The van der Waals surface area contributed by atoms with E-state index in [1.165, 1.54) is 11.1 Å². The molecule has 0 saturated carbocycles. The van der Waals surface area contributed by atoms with Gasteiger partial charge < -0.3 is 14.7 Å². The second kappa shape index (κ2) is 9.99. The third kappa shape index (κ3) is 5.46. The zero-order chi connectivity index (χ0) is 21.6. The predicted molar refractivity (Wildman–Crippen MR) is 124 cm³/mol. The summed E-state index contributed by atoms with van der Waals surface area (Å²) in [4.78, 5) is 32.0. The number of benzene rings is 2. The number of carbonyl (C=O) groups excluding carboxylic acids is 2. The molecule has 0 bridgehead atoms. The molecule has 2 aromatic carbocycles. The summed E-state index contributed by atoms with van der Waals surface area (Å²) in [6, 6.07) is 18.6. The van der Waals surface area contributed by atoms with Crippen LogP contribution in [0.3, 0.4) is 0 Å². The first kappa shape index (κ1) is 21.4. The summed E-state index contributed by atoms with van der Waals surface area (Å²) >= 11 is 0. The van der Waals surface area contributed by atoms with Crippen molar-refractivity contribution < 1.29 is 9.59 Å². The van der Waals surface area contributed by atoms with Crippen molar-refractivity contribution in [2.24, 2.45) is 5.92 Å². The number of nitrogens with zero attached hydrogens (tertiary/aromatic N) is 3. The molecule has 0 aromatic heterocycles. The maximum absolute atomic E-state index is 13.2. The van der Waals surface area contributed by atoms with Gasteiger partial charge >= 0.3 is 0 Å². The van der Waals surface area contributed by atoms with Crippen LogP contribution in [0.4, 0.5) is 5.69 Å². The van der Waals surface area contributed by atoms with E-state index >= 15 is 0 Å². The topological polar surface area (TPSA) is 43.9 Å². The van der Waals surface area contributed by atoms with Crippen molar-refractivity contribution >= 4 is 17.5 Å². The second-order valence-electron chi connectivity index (χ2n) is 8.86. The van der Waals surface area contributed by atoms with Gasteiger partial charge in [-0.15, -0.1) is 0 Å². The average Bonchev–Trinajstić information content (AvgIpc) is 3.34. The highest BCUT2D eigenvalue weighted by Crippen LogP contribution is 2.23. The Morgan fingerprint density at radius 1 is 0.871 bits per heavy atom. The lowest BCUT2D eigenvalue weighted by atomic mass is 9.95. The van der Waals surface area contributed by atoms with Gasteiger partial charge in [-0.05, 0) is 50.3 Å². The second-order valence-corrected chi connectivity index (χ2v) is 8.86. The van der Waals surface area contributed by atoms with Crippen LogP contribution in [0.15, 0.2) is 54.6 Å². The van der Waals surface area contributed by atoms with Crippen molar-refractivity contribution in [2.45, 2.75) is 39.2 Å². The Balaban J connectivity index is 1.38. The van der Waals surface area contributed by atoms with Gasteiger partial charge in [0.05, 0.1) is 6.54 Å². The molecule has 2 fully saturated rings. The Labute approximate surface area is 185 Å². The molecule has 2 saturated heterocycles. The summed E-state index contributed by atoms with van der Waals surface area (Å²) in [7, 11) is 0. The van der Waals surface area contributed by atoms with Crippen molar-refractivity contribution in [1.29, 1.82) is 0 Å². The molecular weight excluding hydrogens is 386 g/mol. The average molecular weight is 420 g/mol. The minimum atomic E-state index is 0.0830. The van der Waals surface area contributed by atoms with E-state index < -0.39 is 0 Å². The Kier molecular flexibility index (Phi) is 6.90. The molecule has 0 unspecified atom stereocenters. The summed E-state index contributed by atoms with van der Waals surface area (Å²) in [6.07, 6.45) is 3.81. The van der Waals surface area contributed by atoms with Gasteiger partial charge in [0.1, 0.15) is 0 Å². The van der Waals surface area contributed by atoms with Crippen LogP contribution in [-0.4, -0.2) is 54.3 Å². The summed E-state index contributed by atoms with van der Waals surface area (Å²) in [6.45, 7) is 6.28. The largest absolute Gasteiger partial charge is 0.358 e. The fourth-order valence-electron chi connectivity index (χ4n) is 4.63. The van der Waals surface area contributed by atoms with Crippen LogP contribution in [0.25, 0.3) is 0 Å². The van der Waals surface area contributed by atoms with Crippen LogP contribution in [0.5, 0.6) is 0 Å². The molecule has 0 atom stereocenters. The van der Waals surface area contributed by atoms with Crippen molar-refractivity contribution in [1.82, 2.24) is 9.80 Å². The minimum Gasteiger partial charge on any atom is -0.358 e. The molecule has 164 valence electrons. The highest BCUT2D eigenvalue weighted by Gasteiger charge is 2.31. The Morgan fingerprint density at radius 2 is 1.52 bits per heavy atom. The third-order valence-corrected chi connectivity index (χ3v) is 6.56. The van der Waals surface area contributed by atoms with Gasteiger partial charge in [0.2, 0.25) is 11.8 Å². The molecule has 4 rings (SSSR count). The molecular formula is C26H33N3O2. The number of hydrogen-bond donors (Lipinski definition) is 0. The molecule has 2 aromatic rings. The van der Waals surface area contributed by atoms with E-state index in [2.05, 4.69) is 48.2 Å². The van der Waals surface area contributed by atoms with Crippen LogP contribution in [0.2, 0.25) is 0 Å². The summed E-state index contributed by atoms with van der Waals surface area (Å²) in [5.41, 5.74) is 3.45. The molecule has 2 heterocycles. The Hall–Kier alpha value is -2.82. The van der Waals surface area contributed by atoms with Crippen molar-refractivity contribution in [2.75, 3.05) is 37.6 Å². The first-order valence-electron chi connectivity index (χ1n) is 11.5. The van der Waals surface area contributed by atoms with Gasteiger partial charge in [0.15, 0.2) is 0 Å². The van der Waals surface area contributed by atoms with Gasteiger partial charge in [-0.2, -0.15) is 0 Å². The summed E-state index contributed by atoms with van der Waals surface area (Å²) in [5.74, 6) is 0.526. The normalized spacial score (nSPS) is 17.1. The highest BCUT2D eigenvalue weighted by atomic mass is 16.2. The number of likely N-dealkylation sites (tertiary alicyclic amines) is 2. The van der Waals surface area contributed by atoms with Gasteiger partial charge in [-0.25, -0.2) is 0 Å². The monoisotopic (exact) mass is 419 g/mol. The fourth-order valence-corrected chi connectivity index (χ4v) is 4.63. The molecule has 0 radical (unpaired) electrons. The molecule has 0 aliphatic carbocycles. The van der Waals surface area contributed by atoms with Crippen molar-refractivity contribution in [3.05, 3.63) is 65.7 Å². The lowest BCUT2D eigenvalue weighted by Gasteiger charge is -2.35. The lowest BCUT2D eigenvalue weighted by Crippen LogP contribution is -2.46. The van der Waals surface area contributed by atoms with E-state index in [0.29, 0.717) is 32.1 Å². The molecule has 5 nitrogen and oxygen atoms in total. The first-order chi connectivity index (χ1) is 15.1. The van der Waals surface area contributed by atoms with E-state index in [1.807, 2.05) is 28.0 Å². The molecule has 2 amide bonds. The zero-order valence-electron chi connectivity index (χ0n) is 18.5. The molecule has 5 heteroatoms. The van der Waals surface area contributed by atoms with Crippen LogP contribution >= 0.6 is 0 Å². The molecule has 2 aliphatic rings. The van der Waals surface area contributed by atoms with Gasteiger partial charge in [-0.3, -0.25) is 9.59 Å². The molecule has 0 spiro atoms. The minimum absolute atomic E-state index is 0.0830. The number of hydrogen-bond acceptors (Lipinski definition) is 3. The fraction of sp³-hybridized carbons (Fsp3) is 0.462. The van der Waals surface area contributed by atoms with Gasteiger partial charge in [0, 0.05) is 44.3 Å². The SMILES string of the molecule is Cc1ccc(N(CC(=O)N2CCC(C(=O)N3CCCC3)CC2)Cc2ccccc2)cc1. The van der Waals surface area contributed by atoms with E-state index in [1.54, 1.807) is 0 Å². The third-order valence-electron chi connectivity index (χ3n) is 6.56. The number of amides is 2. The van der Waals surface area contributed by atoms with Gasteiger partial charge in [-0.1, -0.05) is 48.0 Å². The first-order valence-corrected chi connectivity index (χ1v) is 11.5. The maximum Gasteiger partial charge on any atom is 0.242 e. The van der Waals surface area contributed by atoms with Crippen molar-refractivity contribution in [3.63, 3.8) is 0 Å². The number of aryl methyl sites for hydroxylation is 1. The zero-order valence-corrected chi connectivity index (χ0v) is 18.5. The summed E-state index contributed by atoms with van der Waals surface area (Å²) in [5, 5.41) is 0. The van der Waals surface area contributed by atoms with Gasteiger partial charge in [0.25, 0.3) is 0 Å². The summed E-state index contributed by atoms with van der Waals surface area (Å²) < 4.78 is 0. The highest BCUT2D eigenvalue weighted by molar-refractivity contribution is 5.83. The Bertz CT molecular complexity index is 867. The number of anilines is 1. The molecule has 0 N–H and O–H groups in total. The Morgan fingerprint density at radius 3 is 2.16 bits per heavy atom. The molecule has 2 aliphatic heterocycles. The number of rotatable bonds is 6. The van der Waals surface area contributed by atoms with Crippen LogP contribution < -0.4 is 4.90 Å². The van der Waals surface area contributed by atoms with Crippen LogP contribution in [0.1, 0.15) is 36.8 Å². The van der Waals surface area contributed by atoms with E-state index in [4.69, 9.17) is 0 Å². The van der Waals surface area contributed by atoms with E-state index in [9.17, 15) is 9.59 Å². The smallest absolute Gasteiger partial charge is 0.242 e. The maximum atomic E-state index is 13.2. The quantitative estimate of drug-likeness (QED) is 0.714.